The van der Waals surface area contributed by atoms with Gasteiger partial charge in [0.15, 0.2) is 0 Å². The minimum Gasteiger partial charge on any atom is -0.439 e. The van der Waals surface area contributed by atoms with Gasteiger partial charge in [-0.3, -0.25) is 14.5 Å². The molecular weight excluding hydrogens is 612 g/mol. The van der Waals surface area contributed by atoms with Crippen LogP contribution in [0.1, 0.15) is 18.4 Å². The summed E-state index contributed by atoms with van der Waals surface area (Å²) in [6.45, 7) is 2.20. The maximum absolute atomic E-state index is 14.0. The summed E-state index contributed by atoms with van der Waals surface area (Å²) in [5, 5.41) is 3.06. The van der Waals surface area contributed by atoms with E-state index in [4.69, 9.17) is 4.74 Å². The topological polar surface area (TPSA) is 104 Å². The number of piperidine rings is 1. The Morgan fingerprint density at radius 2 is 1.66 bits per heavy atom. The molecule has 1 aromatic heterocycles. The molecule has 1 saturated heterocycles. The molecule has 1 aliphatic rings. The largest absolute Gasteiger partial charge is 0.439 e. The molecule has 13 heteroatoms. The number of ether oxygens (including phenoxy) is 1. The number of benzene rings is 3. The van der Waals surface area contributed by atoms with Gasteiger partial charge >= 0.3 is 6.03 Å². The average molecular weight is 644 g/mol. The molecule has 5 rings (SSSR count). The lowest BCUT2D eigenvalue weighted by atomic mass is 10.0. The SMILES string of the molecule is CS(=O)(=O)Nc1ccc(Oc2ccc(CN3CCC(NC(=O)N(c4ccc(F)cc4)c4cccc(F)c4)CC3)cn2)cc1.Cl. The molecule has 1 fully saturated rings. The van der Waals surface area contributed by atoms with Gasteiger partial charge in [-0.05, 0) is 85.1 Å². The summed E-state index contributed by atoms with van der Waals surface area (Å²) >= 11 is 0. The van der Waals surface area contributed by atoms with Gasteiger partial charge in [-0.2, -0.15) is 0 Å². The van der Waals surface area contributed by atoms with Gasteiger partial charge in [0.25, 0.3) is 0 Å². The molecule has 9 nitrogen and oxygen atoms in total. The Morgan fingerprint density at radius 1 is 0.955 bits per heavy atom. The van der Waals surface area contributed by atoms with Gasteiger partial charge in [0, 0.05) is 43.6 Å². The number of nitrogens with one attached hydrogen (secondary N) is 2. The van der Waals surface area contributed by atoms with E-state index in [9.17, 15) is 22.0 Å². The molecule has 0 atom stereocenters. The highest BCUT2D eigenvalue weighted by Gasteiger charge is 2.25. The first-order valence-corrected chi connectivity index (χ1v) is 15.6. The summed E-state index contributed by atoms with van der Waals surface area (Å²) < 4.78 is 58.4. The number of aromatic nitrogens is 1. The van der Waals surface area contributed by atoms with Crippen LogP contribution in [0.2, 0.25) is 0 Å². The zero-order valence-corrected chi connectivity index (χ0v) is 25.5. The fourth-order valence-electron chi connectivity index (χ4n) is 4.81. The zero-order chi connectivity index (χ0) is 30.4. The summed E-state index contributed by atoms with van der Waals surface area (Å²) in [6, 6.07) is 21.0. The van der Waals surface area contributed by atoms with Crippen LogP contribution in [0.4, 0.5) is 30.6 Å². The molecule has 0 bridgehead atoms. The van der Waals surface area contributed by atoms with Crippen LogP contribution in [0.3, 0.4) is 0 Å². The van der Waals surface area contributed by atoms with Crippen molar-refractivity contribution in [3.63, 3.8) is 0 Å². The Bertz CT molecular complexity index is 1650. The van der Waals surface area contributed by atoms with Crippen LogP contribution in [-0.2, 0) is 16.6 Å². The van der Waals surface area contributed by atoms with Crippen LogP contribution < -0.4 is 19.7 Å². The molecule has 232 valence electrons. The van der Waals surface area contributed by atoms with Gasteiger partial charge in [-0.1, -0.05) is 12.1 Å². The van der Waals surface area contributed by atoms with Crippen molar-refractivity contribution in [1.29, 1.82) is 0 Å². The Hall–Kier alpha value is -4.26. The van der Waals surface area contributed by atoms with Crippen molar-refractivity contribution < 1.29 is 26.7 Å². The molecule has 0 radical (unpaired) electrons. The highest BCUT2D eigenvalue weighted by molar-refractivity contribution is 7.92. The highest BCUT2D eigenvalue weighted by atomic mass is 35.5. The average Bonchev–Trinajstić information content (AvgIpc) is 2.97. The van der Waals surface area contributed by atoms with Gasteiger partial charge in [0.1, 0.15) is 17.4 Å². The number of rotatable bonds is 9. The summed E-state index contributed by atoms with van der Waals surface area (Å²) in [5.74, 6) is 0.0407. The monoisotopic (exact) mass is 643 g/mol. The van der Waals surface area contributed by atoms with E-state index in [1.54, 1.807) is 42.6 Å². The number of likely N-dealkylation sites (tertiary alicyclic amines) is 1. The molecular formula is C31H32ClF2N5O4S. The van der Waals surface area contributed by atoms with Crippen LogP contribution in [-0.4, -0.2) is 49.7 Å². The van der Waals surface area contributed by atoms with Crippen molar-refractivity contribution in [2.45, 2.75) is 25.4 Å². The number of pyridine rings is 1. The number of hydrogen-bond acceptors (Lipinski definition) is 6. The molecule has 0 saturated carbocycles. The Balaban J connectivity index is 0.00000442. The molecule has 0 unspecified atom stereocenters. The van der Waals surface area contributed by atoms with E-state index < -0.39 is 27.7 Å². The number of carbonyl (C=O) groups excluding carboxylic acids is 1. The number of urea groups is 1. The second-order valence-corrected chi connectivity index (χ2v) is 12.0. The van der Waals surface area contributed by atoms with E-state index in [0.29, 0.717) is 35.2 Å². The molecule has 44 heavy (non-hydrogen) atoms. The molecule has 0 aliphatic carbocycles. The molecule has 4 aromatic rings. The highest BCUT2D eigenvalue weighted by Crippen LogP contribution is 2.27. The van der Waals surface area contributed by atoms with E-state index in [1.807, 2.05) is 6.07 Å². The lowest BCUT2D eigenvalue weighted by Gasteiger charge is -2.34. The van der Waals surface area contributed by atoms with Crippen LogP contribution in [0.15, 0.2) is 91.1 Å². The minimum absolute atomic E-state index is 0. The van der Waals surface area contributed by atoms with Crippen LogP contribution in [0, 0.1) is 11.6 Å². The van der Waals surface area contributed by atoms with Crippen molar-refractivity contribution in [2.75, 3.05) is 29.0 Å². The molecule has 3 aromatic carbocycles. The molecule has 2 amide bonds. The van der Waals surface area contributed by atoms with E-state index in [0.717, 1.165) is 37.8 Å². The number of halogens is 3. The lowest BCUT2D eigenvalue weighted by molar-refractivity contribution is 0.188. The van der Waals surface area contributed by atoms with Gasteiger partial charge in [-0.25, -0.2) is 27.0 Å². The zero-order valence-electron chi connectivity index (χ0n) is 23.8. The number of carbonyl (C=O) groups is 1. The van der Waals surface area contributed by atoms with E-state index in [1.165, 1.54) is 47.4 Å². The van der Waals surface area contributed by atoms with Gasteiger partial charge in [0.2, 0.25) is 15.9 Å². The first-order valence-electron chi connectivity index (χ1n) is 13.7. The summed E-state index contributed by atoms with van der Waals surface area (Å²) in [4.78, 5) is 21.4. The molecule has 1 aliphatic heterocycles. The first kappa shape index (κ1) is 32.6. The smallest absolute Gasteiger partial charge is 0.326 e. The number of hydrogen-bond donors (Lipinski definition) is 2. The molecule has 2 heterocycles. The molecule has 2 N–H and O–H groups in total. The van der Waals surface area contributed by atoms with Crippen molar-refractivity contribution in [1.82, 2.24) is 15.2 Å². The van der Waals surface area contributed by atoms with Crippen molar-refractivity contribution in [3.8, 4) is 11.6 Å². The predicted octanol–water partition coefficient (Wildman–Crippen LogP) is 6.46. The predicted molar refractivity (Wildman–Crippen MR) is 168 cm³/mol. The van der Waals surface area contributed by atoms with E-state index in [-0.39, 0.29) is 18.4 Å². The Morgan fingerprint density at radius 3 is 2.27 bits per heavy atom. The second kappa shape index (κ2) is 14.5. The third-order valence-corrected chi connectivity index (χ3v) is 7.46. The maximum atomic E-state index is 14.0. The summed E-state index contributed by atoms with van der Waals surface area (Å²) in [6.07, 6.45) is 4.29. The first-order chi connectivity index (χ1) is 20.6. The minimum atomic E-state index is -3.35. The summed E-state index contributed by atoms with van der Waals surface area (Å²) in [5.41, 5.74) is 2.24. The quantitative estimate of drug-likeness (QED) is 0.217. The van der Waals surface area contributed by atoms with Gasteiger partial charge in [0.05, 0.1) is 17.6 Å². The Labute approximate surface area is 261 Å². The number of nitrogens with zero attached hydrogens (tertiary/aromatic N) is 3. The van der Waals surface area contributed by atoms with Gasteiger partial charge < -0.3 is 10.1 Å². The van der Waals surface area contributed by atoms with Crippen molar-refractivity contribution >= 4 is 45.5 Å². The fraction of sp³-hybridized carbons (Fsp3) is 0.226. The van der Waals surface area contributed by atoms with Crippen LogP contribution in [0.5, 0.6) is 11.6 Å². The van der Waals surface area contributed by atoms with Crippen molar-refractivity contribution in [2.24, 2.45) is 0 Å². The lowest BCUT2D eigenvalue weighted by Crippen LogP contribution is -2.48. The second-order valence-electron chi connectivity index (χ2n) is 10.3. The van der Waals surface area contributed by atoms with E-state index >= 15 is 0 Å². The third kappa shape index (κ3) is 9.12. The van der Waals surface area contributed by atoms with Crippen LogP contribution >= 0.6 is 12.4 Å². The third-order valence-electron chi connectivity index (χ3n) is 6.85. The Kier molecular flexibility index (Phi) is 10.7. The van der Waals surface area contributed by atoms with Crippen LogP contribution in [0.25, 0.3) is 0 Å². The number of sulfonamides is 1. The standard InChI is InChI=1S/C31H31F2N5O4S.ClH/c1-43(40,41)36-26-8-12-29(13-9-26)42-30-14-5-22(20-34-30)21-37-17-15-25(16-18-37)35-31(39)38(27-10-6-23(32)7-11-27)28-4-2-3-24(33)19-28;/h2-14,19-20,25,36H,15-18,21H2,1H3,(H,35,39);1H. The van der Waals surface area contributed by atoms with Crippen molar-refractivity contribution in [3.05, 3.63) is 108 Å². The molecule has 0 spiro atoms. The normalized spacial score (nSPS) is 13.9. The van der Waals surface area contributed by atoms with Gasteiger partial charge in [-0.15, -0.1) is 12.4 Å². The fourth-order valence-corrected chi connectivity index (χ4v) is 5.38. The summed E-state index contributed by atoms with van der Waals surface area (Å²) in [7, 11) is -3.35. The number of anilines is 3. The maximum Gasteiger partial charge on any atom is 0.326 e. The van der Waals surface area contributed by atoms with E-state index in [2.05, 4.69) is 19.9 Å². The number of amides is 2.